The van der Waals surface area contributed by atoms with E-state index in [0.717, 1.165) is 17.6 Å². The molecule has 1 aromatic heterocycles. The van der Waals surface area contributed by atoms with Crippen LogP contribution in [0.4, 0.5) is 5.13 Å². The molecule has 3 rings (SSSR count). The number of thioether (sulfide) groups is 1. The standard InChI is InChI=1S/C15H18N6O6S4/c1-31(26,27)17-3-2-6-4-29-13-9(12(23)21(13)10(6)14(24)28)19-11(22)8(20-25)7-5-30-15(16)18-7/h5,9,13,17,25H,2-4H2,1H3,(H2,16,18)(H,19,22)(H,24,28)/b20-8-/t9?,13-/m1/s1. The van der Waals surface area contributed by atoms with Gasteiger partial charge in [0.15, 0.2) is 10.8 Å². The van der Waals surface area contributed by atoms with Gasteiger partial charge in [0, 0.05) is 17.7 Å². The number of nitrogen functional groups attached to an aromatic ring is 1. The Kier molecular flexibility index (Phi) is 6.95. The Morgan fingerprint density at radius 1 is 1.48 bits per heavy atom. The molecular formula is C15H18N6O6S4. The molecule has 31 heavy (non-hydrogen) atoms. The normalized spacial score (nSPS) is 21.5. The van der Waals surface area contributed by atoms with E-state index in [9.17, 15) is 28.0 Å². The molecular weight excluding hydrogens is 488 g/mol. The minimum absolute atomic E-state index is 0.0641. The fraction of sp³-hybridized carbons (Fsp3) is 0.400. The minimum atomic E-state index is -3.39. The molecule has 0 aliphatic carbocycles. The van der Waals surface area contributed by atoms with Crippen LogP contribution in [0.5, 0.6) is 0 Å². The highest BCUT2D eigenvalue weighted by Gasteiger charge is 2.53. The van der Waals surface area contributed by atoms with Crippen LogP contribution < -0.4 is 15.8 Å². The van der Waals surface area contributed by atoms with Crippen LogP contribution in [0.3, 0.4) is 0 Å². The lowest BCUT2D eigenvalue weighted by atomic mass is 10.0. The average molecular weight is 507 g/mol. The van der Waals surface area contributed by atoms with E-state index >= 15 is 0 Å². The molecule has 16 heteroatoms. The summed E-state index contributed by atoms with van der Waals surface area (Å²) in [5.74, 6) is -1.01. The second-order valence-electron chi connectivity index (χ2n) is 6.55. The minimum Gasteiger partial charge on any atom is -0.410 e. The summed E-state index contributed by atoms with van der Waals surface area (Å²) in [6.45, 7) is 0.0687. The molecule has 0 aromatic carbocycles. The summed E-state index contributed by atoms with van der Waals surface area (Å²) in [6, 6.07) is -0.955. The summed E-state index contributed by atoms with van der Waals surface area (Å²) in [6.07, 6.45) is 1.25. The molecule has 2 atom stereocenters. The third-order valence-corrected chi connectivity index (χ3v) is 7.36. The SMILES string of the molecule is CS(=O)(=O)NCCC1=C(C(=O)S)N2C(=O)C(NC(=O)/C(=N\O)c3csc(N)n3)[C@H]2SC1. The molecule has 12 nitrogen and oxygen atoms in total. The Balaban J connectivity index is 1.73. The quantitative estimate of drug-likeness (QED) is 0.0965. The predicted octanol–water partition coefficient (Wildman–Crippen LogP) is -1.05. The highest BCUT2D eigenvalue weighted by molar-refractivity contribution is 8.00. The van der Waals surface area contributed by atoms with Crippen LogP contribution in [0.15, 0.2) is 21.8 Å². The summed E-state index contributed by atoms with van der Waals surface area (Å²) in [4.78, 5) is 42.4. The van der Waals surface area contributed by atoms with Gasteiger partial charge in [-0.25, -0.2) is 18.1 Å². The predicted molar refractivity (Wildman–Crippen MR) is 118 cm³/mol. The number of thiazole rings is 1. The van der Waals surface area contributed by atoms with Crippen molar-refractivity contribution in [3.63, 3.8) is 0 Å². The van der Waals surface area contributed by atoms with Gasteiger partial charge >= 0.3 is 0 Å². The van der Waals surface area contributed by atoms with Gasteiger partial charge < -0.3 is 16.3 Å². The second-order valence-corrected chi connectivity index (χ2v) is 10.8. The Morgan fingerprint density at radius 3 is 2.74 bits per heavy atom. The number of rotatable bonds is 8. The van der Waals surface area contributed by atoms with Crippen LogP contribution in [0.2, 0.25) is 0 Å². The van der Waals surface area contributed by atoms with E-state index in [1.807, 2.05) is 0 Å². The number of β-lactam (4-membered cyclic amide) rings is 1. The first-order chi connectivity index (χ1) is 14.5. The maximum absolute atomic E-state index is 12.7. The van der Waals surface area contributed by atoms with E-state index in [1.165, 1.54) is 22.0 Å². The van der Waals surface area contributed by atoms with Crippen molar-refractivity contribution in [1.29, 1.82) is 0 Å². The average Bonchev–Trinajstić information content (AvgIpc) is 3.10. The number of aromatic nitrogens is 1. The second kappa shape index (κ2) is 9.15. The smallest absolute Gasteiger partial charge is 0.276 e. The lowest BCUT2D eigenvalue weighted by Crippen LogP contribution is -2.70. The van der Waals surface area contributed by atoms with Gasteiger partial charge in [0.1, 0.15) is 17.1 Å². The van der Waals surface area contributed by atoms with Gasteiger partial charge in [-0.1, -0.05) is 17.8 Å². The molecule has 0 saturated carbocycles. The number of anilines is 1. The van der Waals surface area contributed by atoms with E-state index < -0.39 is 44.1 Å². The van der Waals surface area contributed by atoms with Crippen LogP contribution in [0.1, 0.15) is 12.1 Å². The zero-order valence-corrected chi connectivity index (χ0v) is 19.3. The number of nitrogens with two attached hydrogens (primary N) is 1. The first-order valence-electron chi connectivity index (χ1n) is 8.62. The van der Waals surface area contributed by atoms with Crippen molar-refractivity contribution in [1.82, 2.24) is 19.9 Å². The van der Waals surface area contributed by atoms with E-state index in [-0.39, 0.29) is 29.5 Å². The number of fused-ring (bicyclic) bond motifs is 1. The molecule has 2 aliphatic rings. The Morgan fingerprint density at radius 2 is 2.19 bits per heavy atom. The van der Waals surface area contributed by atoms with Crippen molar-refractivity contribution in [3.8, 4) is 0 Å². The van der Waals surface area contributed by atoms with Crippen LogP contribution in [0.25, 0.3) is 0 Å². The van der Waals surface area contributed by atoms with Crippen LogP contribution in [-0.2, 0) is 24.4 Å². The van der Waals surface area contributed by atoms with Crippen LogP contribution in [-0.4, -0.2) is 76.1 Å². The van der Waals surface area contributed by atoms with Gasteiger partial charge in [-0.3, -0.25) is 19.3 Å². The number of nitrogens with one attached hydrogen (secondary N) is 2. The molecule has 1 saturated heterocycles. The summed E-state index contributed by atoms with van der Waals surface area (Å²) < 4.78 is 24.8. The third kappa shape index (κ3) is 5.03. The Hall–Kier alpha value is -2.14. The topological polar surface area (TPSA) is 184 Å². The molecule has 2 aliphatic heterocycles. The number of hydrogen-bond donors (Lipinski definition) is 5. The number of sulfonamides is 1. The van der Waals surface area contributed by atoms with Gasteiger partial charge in [-0.2, -0.15) is 0 Å². The first-order valence-corrected chi connectivity index (χ1v) is 12.9. The lowest BCUT2D eigenvalue weighted by molar-refractivity contribution is -0.146. The Bertz CT molecular complexity index is 1100. The van der Waals surface area contributed by atoms with Crippen molar-refractivity contribution in [2.75, 3.05) is 24.3 Å². The summed E-state index contributed by atoms with van der Waals surface area (Å²) in [5.41, 5.74) is 5.86. The van der Waals surface area contributed by atoms with Crippen LogP contribution in [0, 0.1) is 0 Å². The van der Waals surface area contributed by atoms with Gasteiger partial charge in [-0.05, 0) is 12.0 Å². The summed E-state index contributed by atoms with van der Waals surface area (Å²) >= 11 is 6.22. The maximum atomic E-state index is 12.7. The van der Waals surface area contributed by atoms with E-state index in [1.54, 1.807) is 0 Å². The number of nitrogens with zero attached hydrogens (tertiary/aromatic N) is 3. The van der Waals surface area contributed by atoms with E-state index in [0.29, 0.717) is 11.3 Å². The van der Waals surface area contributed by atoms with Gasteiger partial charge in [0.05, 0.1) is 12.0 Å². The highest BCUT2D eigenvalue weighted by atomic mass is 32.2. The first kappa shape index (κ1) is 23.5. The maximum Gasteiger partial charge on any atom is 0.276 e. The summed E-state index contributed by atoms with van der Waals surface area (Å²) in [7, 11) is -3.39. The summed E-state index contributed by atoms with van der Waals surface area (Å²) in [5, 5.41) is 15.1. The number of oxime groups is 1. The molecule has 2 amide bonds. The zero-order chi connectivity index (χ0) is 22.9. The molecule has 1 unspecified atom stereocenters. The van der Waals surface area contributed by atoms with Gasteiger partial charge in [-0.15, -0.1) is 23.1 Å². The zero-order valence-electron chi connectivity index (χ0n) is 15.9. The molecule has 0 radical (unpaired) electrons. The van der Waals surface area contributed by atoms with Gasteiger partial charge in [0.2, 0.25) is 15.1 Å². The molecule has 0 spiro atoms. The molecule has 3 heterocycles. The third-order valence-electron chi connectivity index (χ3n) is 4.41. The monoisotopic (exact) mass is 506 g/mol. The van der Waals surface area contributed by atoms with Crippen LogP contribution >= 0.6 is 35.7 Å². The lowest BCUT2D eigenvalue weighted by Gasteiger charge is -2.49. The number of carbonyl (C=O) groups excluding carboxylic acids is 3. The van der Waals surface area contributed by atoms with Crippen molar-refractivity contribution < 1.29 is 28.0 Å². The van der Waals surface area contributed by atoms with E-state index in [2.05, 4.69) is 32.8 Å². The fourth-order valence-electron chi connectivity index (χ4n) is 3.08. The van der Waals surface area contributed by atoms with Crippen molar-refractivity contribution >= 4 is 73.5 Å². The molecule has 0 bridgehead atoms. The van der Waals surface area contributed by atoms with Crippen molar-refractivity contribution in [2.45, 2.75) is 17.8 Å². The van der Waals surface area contributed by atoms with Gasteiger partial charge in [0.25, 0.3) is 11.8 Å². The Labute approximate surface area is 190 Å². The number of carbonyl (C=O) groups is 3. The number of thiol groups is 1. The molecule has 1 fully saturated rings. The van der Waals surface area contributed by atoms with Crippen molar-refractivity contribution in [2.24, 2.45) is 5.16 Å². The van der Waals surface area contributed by atoms with E-state index in [4.69, 9.17) is 5.73 Å². The molecule has 5 N–H and O–H groups in total. The van der Waals surface area contributed by atoms with Crippen molar-refractivity contribution in [3.05, 3.63) is 22.3 Å². The number of amides is 2. The largest absolute Gasteiger partial charge is 0.410 e. The molecule has 168 valence electrons. The molecule has 1 aromatic rings. The number of hydrogen-bond acceptors (Lipinski definition) is 11. The highest BCUT2D eigenvalue weighted by Crippen LogP contribution is 2.41. The fourth-order valence-corrected chi connectivity index (χ4v) is 5.76.